The van der Waals surface area contributed by atoms with Gasteiger partial charge in [-0.3, -0.25) is 4.90 Å². The second-order valence-corrected chi connectivity index (χ2v) is 6.13. The fraction of sp³-hybridized carbons (Fsp3) is 0.500. The van der Waals surface area contributed by atoms with Crippen LogP contribution in [0.1, 0.15) is 11.3 Å². The predicted molar refractivity (Wildman–Crippen MR) is 96.2 cm³/mol. The van der Waals surface area contributed by atoms with Crippen LogP contribution < -0.4 is 10.1 Å². The van der Waals surface area contributed by atoms with Crippen molar-refractivity contribution in [3.63, 3.8) is 0 Å². The molecule has 0 unspecified atom stereocenters. The molecule has 0 aliphatic heterocycles. The highest BCUT2D eigenvalue weighted by Gasteiger charge is 2.32. The molecule has 0 fully saturated rings. The smallest absolute Gasteiger partial charge is 0.416 e. The van der Waals surface area contributed by atoms with Gasteiger partial charge in [-0.15, -0.1) is 0 Å². The van der Waals surface area contributed by atoms with Crippen molar-refractivity contribution in [1.82, 2.24) is 20.0 Å². The molecule has 2 rings (SSSR count). The molecule has 0 amide bonds. The van der Waals surface area contributed by atoms with Crippen molar-refractivity contribution in [3.8, 4) is 11.4 Å². The van der Waals surface area contributed by atoms with E-state index in [1.54, 1.807) is 18.3 Å². The molecule has 1 aromatic carbocycles. The Balaban J connectivity index is 2.31. The molecule has 0 aliphatic rings. The standard InChI is InChI=1S/C18H25F3N4O2/c1-22-6-7-24(2)13-15-4-5-23-25(15)16-10-14(18(19,20)21)11-17(12-16)27-9-8-26-3/h4-5,10-12,22H,6-9,13H2,1-3H3. The summed E-state index contributed by atoms with van der Waals surface area (Å²) in [6.07, 6.45) is -2.90. The van der Waals surface area contributed by atoms with Crippen molar-refractivity contribution in [2.45, 2.75) is 12.7 Å². The summed E-state index contributed by atoms with van der Waals surface area (Å²) in [5.74, 6) is 0.127. The van der Waals surface area contributed by atoms with Gasteiger partial charge in [-0.05, 0) is 32.3 Å². The molecule has 0 saturated carbocycles. The van der Waals surface area contributed by atoms with Crippen LogP contribution in [0.3, 0.4) is 0 Å². The Morgan fingerprint density at radius 3 is 2.67 bits per heavy atom. The summed E-state index contributed by atoms with van der Waals surface area (Å²) in [5.41, 5.74) is 0.312. The maximum absolute atomic E-state index is 13.3. The number of hydrogen-bond acceptors (Lipinski definition) is 5. The van der Waals surface area contributed by atoms with Crippen molar-refractivity contribution >= 4 is 0 Å². The van der Waals surface area contributed by atoms with Crippen LogP contribution in [0.5, 0.6) is 5.75 Å². The number of benzene rings is 1. The van der Waals surface area contributed by atoms with Gasteiger partial charge in [0.25, 0.3) is 0 Å². The number of likely N-dealkylation sites (N-methyl/N-ethyl adjacent to an activating group) is 2. The van der Waals surface area contributed by atoms with Crippen molar-refractivity contribution in [1.29, 1.82) is 0 Å². The van der Waals surface area contributed by atoms with Gasteiger partial charge in [0.15, 0.2) is 0 Å². The van der Waals surface area contributed by atoms with Crippen LogP contribution in [0.2, 0.25) is 0 Å². The number of alkyl halides is 3. The van der Waals surface area contributed by atoms with Crippen LogP contribution >= 0.6 is 0 Å². The summed E-state index contributed by atoms with van der Waals surface area (Å²) in [4.78, 5) is 2.06. The molecule has 0 bridgehead atoms. The molecule has 0 radical (unpaired) electrons. The van der Waals surface area contributed by atoms with Gasteiger partial charge in [0.05, 0.1) is 23.6 Å². The average molecular weight is 386 g/mol. The molecule has 0 atom stereocenters. The van der Waals surface area contributed by atoms with Gasteiger partial charge in [0.2, 0.25) is 0 Å². The second-order valence-electron chi connectivity index (χ2n) is 6.13. The van der Waals surface area contributed by atoms with Gasteiger partial charge in [-0.1, -0.05) is 0 Å². The molecule has 0 aliphatic carbocycles. The Kier molecular flexibility index (Phi) is 7.64. The van der Waals surface area contributed by atoms with Crippen LogP contribution in [-0.4, -0.2) is 62.2 Å². The summed E-state index contributed by atoms with van der Waals surface area (Å²) in [7, 11) is 5.31. The molecule has 27 heavy (non-hydrogen) atoms. The molecule has 9 heteroatoms. The zero-order valence-electron chi connectivity index (χ0n) is 15.7. The van der Waals surface area contributed by atoms with E-state index in [9.17, 15) is 13.2 Å². The molecule has 1 heterocycles. The van der Waals surface area contributed by atoms with Crippen molar-refractivity contribution in [3.05, 3.63) is 41.7 Å². The van der Waals surface area contributed by atoms with Crippen molar-refractivity contribution < 1.29 is 22.6 Å². The first kappa shape index (κ1) is 21.2. The minimum atomic E-state index is -4.48. The largest absolute Gasteiger partial charge is 0.491 e. The Labute approximate surface area is 156 Å². The molecular formula is C18H25F3N4O2. The monoisotopic (exact) mass is 386 g/mol. The summed E-state index contributed by atoms with van der Waals surface area (Å²) >= 11 is 0. The average Bonchev–Trinajstić information content (AvgIpc) is 3.07. The highest BCUT2D eigenvalue weighted by molar-refractivity contribution is 5.45. The first-order valence-electron chi connectivity index (χ1n) is 8.55. The molecule has 2 aromatic rings. The van der Waals surface area contributed by atoms with Crippen LogP contribution in [-0.2, 0) is 17.5 Å². The lowest BCUT2D eigenvalue weighted by atomic mass is 10.1. The minimum Gasteiger partial charge on any atom is -0.491 e. The Morgan fingerprint density at radius 1 is 1.22 bits per heavy atom. The van der Waals surface area contributed by atoms with E-state index in [4.69, 9.17) is 9.47 Å². The van der Waals surface area contributed by atoms with E-state index in [0.29, 0.717) is 12.2 Å². The van der Waals surface area contributed by atoms with Crippen molar-refractivity contribution in [2.75, 3.05) is 47.5 Å². The van der Waals surface area contributed by atoms with Crippen LogP contribution in [0.15, 0.2) is 30.5 Å². The topological polar surface area (TPSA) is 51.6 Å². The number of halogens is 3. The molecule has 150 valence electrons. The van der Waals surface area contributed by atoms with Gasteiger partial charge >= 0.3 is 6.18 Å². The first-order chi connectivity index (χ1) is 12.8. The molecule has 1 aromatic heterocycles. The Bertz CT molecular complexity index is 719. The number of hydrogen-bond donors (Lipinski definition) is 1. The maximum atomic E-state index is 13.3. The molecule has 6 nitrogen and oxygen atoms in total. The summed E-state index contributed by atoms with van der Waals surface area (Å²) in [6.45, 7) is 2.62. The number of rotatable bonds is 10. The third-order valence-electron chi connectivity index (χ3n) is 3.92. The van der Waals surface area contributed by atoms with E-state index in [2.05, 4.69) is 15.3 Å². The van der Waals surface area contributed by atoms with E-state index >= 15 is 0 Å². The SMILES string of the molecule is CNCCN(C)Cc1ccnn1-c1cc(OCCOC)cc(C(F)(F)F)c1. The predicted octanol–water partition coefficient (Wildman–Crippen LogP) is 2.57. The number of ether oxygens (including phenoxy) is 2. The lowest BCUT2D eigenvalue weighted by Crippen LogP contribution is -2.27. The number of nitrogens with one attached hydrogen (secondary N) is 1. The highest BCUT2D eigenvalue weighted by Crippen LogP contribution is 2.34. The van der Waals surface area contributed by atoms with Gasteiger partial charge in [-0.25, -0.2) is 4.68 Å². The highest BCUT2D eigenvalue weighted by atomic mass is 19.4. The van der Waals surface area contributed by atoms with E-state index in [1.807, 2.05) is 14.1 Å². The lowest BCUT2D eigenvalue weighted by molar-refractivity contribution is -0.137. The normalized spacial score (nSPS) is 12.0. The van der Waals surface area contributed by atoms with Crippen LogP contribution in [0.25, 0.3) is 5.69 Å². The fourth-order valence-electron chi connectivity index (χ4n) is 2.54. The quantitative estimate of drug-likeness (QED) is 0.636. The molecular weight excluding hydrogens is 361 g/mol. The van der Waals surface area contributed by atoms with E-state index in [0.717, 1.165) is 30.9 Å². The third-order valence-corrected chi connectivity index (χ3v) is 3.92. The van der Waals surface area contributed by atoms with Crippen LogP contribution in [0, 0.1) is 0 Å². The molecule has 0 saturated heterocycles. The van der Waals surface area contributed by atoms with Crippen molar-refractivity contribution in [2.24, 2.45) is 0 Å². The van der Waals surface area contributed by atoms with E-state index in [-0.39, 0.29) is 19.0 Å². The second kappa shape index (κ2) is 9.72. The Hall–Kier alpha value is -2.10. The number of aromatic nitrogens is 2. The van der Waals surface area contributed by atoms with E-state index in [1.165, 1.54) is 11.8 Å². The molecule has 0 spiro atoms. The summed E-state index contributed by atoms with van der Waals surface area (Å²) in [6, 6.07) is 5.41. The fourth-order valence-corrected chi connectivity index (χ4v) is 2.54. The maximum Gasteiger partial charge on any atom is 0.416 e. The van der Waals surface area contributed by atoms with Gasteiger partial charge in [0.1, 0.15) is 12.4 Å². The van der Waals surface area contributed by atoms with Gasteiger partial charge in [-0.2, -0.15) is 18.3 Å². The lowest BCUT2D eigenvalue weighted by Gasteiger charge is -2.18. The summed E-state index contributed by atoms with van der Waals surface area (Å²) in [5, 5.41) is 7.27. The Morgan fingerprint density at radius 2 is 2.00 bits per heavy atom. The minimum absolute atomic E-state index is 0.127. The zero-order chi connectivity index (χ0) is 19.9. The first-order valence-corrected chi connectivity index (χ1v) is 8.55. The number of nitrogens with zero attached hydrogens (tertiary/aromatic N) is 3. The molecule has 1 N–H and O–H groups in total. The van der Waals surface area contributed by atoms with Crippen LogP contribution in [0.4, 0.5) is 13.2 Å². The number of methoxy groups -OCH3 is 1. The van der Waals surface area contributed by atoms with Gasteiger partial charge in [0, 0.05) is 39.0 Å². The van der Waals surface area contributed by atoms with Gasteiger partial charge < -0.3 is 14.8 Å². The zero-order valence-corrected chi connectivity index (χ0v) is 15.7. The third kappa shape index (κ3) is 6.23. The summed E-state index contributed by atoms with van der Waals surface area (Å²) < 4.78 is 51.7. The van der Waals surface area contributed by atoms with E-state index < -0.39 is 11.7 Å².